The van der Waals surface area contributed by atoms with Crippen LogP contribution in [0.3, 0.4) is 0 Å². The maximum atomic E-state index is 6.19. The molecule has 1 aliphatic heterocycles. The second-order valence-electron chi connectivity index (χ2n) is 7.59. The smallest absolute Gasteiger partial charge is 0.177 e. The fourth-order valence-corrected chi connectivity index (χ4v) is 3.65. The van der Waals surface area contributed by atoms with Crippen LogP contribution in [0, 0.1) is 3.57 Å². The van der Waals surface area contributed by atoms with Gasteiger partial charge in [-0.25, -0.2) is 0 Å². The maximum absolute atomic E-state index is 6.19. The van der Waals surface area contributed by atoms with E-state index in [1.54, 1.807) is 14.2 Å². The van der Waals surface area contributed by atoms with Crippen molar-refractivity contribution in [2.75, 3.05) is 14.2 Å². The third-order valence-electron chi connectivity index (χ3n) is 5.20. The highest BCUT2D eigenvalue weighted by atomic mass is 127. The van der Waals surface area contributed by atoms with E-state index in [1.807, 2.05) is 60.8 Å². The van der Waals surface area contributed by atoms with Gasteiger partial charge in [-0.1, -0.05) is 36.4 Å². The van der Waals surface area contributed by atoms with Gasteiger partial charge in [0, 0.05) is 21.5 Å². The molecule has 1 aliphatic rings. The van der Waals surface area contributed by atoms with E-state index < -0.39 is 0 Å². The Kier molecular flexibility index (Phi) is 8.14. The van der Waals surface area contributed by atoms with E-state index in [0.717, 1.165) is 33.9 Å². The third kappa shape index (κ3) is 6.57. The molecule has 0 aliphatic carbocycles. The number of allylic oxidation sites excluding steroid dienone is 1. The highest BCUT2D eigenvalue weighted by Crippen LogP contribution is 2.24. The molecule has 5 nitrogen and oxygen atoms in total. The zero-order valence-corrected chi connectivity index (χ0v) is 21.2. The Hall–Kier alpha value is -3.39. The number of benzene rings is 3. The largest absolute Gasteiger partial charge is 0.497 e. The average molecular weight is 567 g/mol. The van der Waals surface area contributed by atoms with Gasteiger partial charge < -0.3 is 24.3 Å². The van der Waals surface area contributed by atoms with E-state index in [1.165, 1.54) is 3.57 Å². The summed E-state index contributed by atoms with van der Waals surface area (Å²) in [6.45, 7) is 0.826. The van der Waals surface area contributed by atoms with Crippen molar-refractivity contribution in [1.82, 2.24) is 5.32 Å². The molecule has 0 unspecified atom stereocenters. The molecule has 34 heavy (non-hydrogen) atoms. The molecular formula is C28H26INO4. The molecule has 0 saturated heterocycles. The van der Waals surface area contributed by atoms with Gasteiger partial charge in [0.15, 0.2) is 11.5 Å². The van der Waals surface area contributed by atoms with Gasteiger partial charge >= 0.3 is 0 Å². The van der Waals surface area contributed by atoms with Crippen LogP contribution in [-0.4, -0.2) is 14.2 Å². The average Bonchev–Trinajstić information content (AvgIpc) is 2.89. The van der Waals surface area contributed by atoms with E-state index in [-0.39, 0.29) is 0 Å². The lowest BCUT2D eigenvalue weighted by atomic mass is 10.1. The summed E-state index contributed by atoms with van der Waals surface area (Å²) in [5.41, 5.74) is 4.10. The summed E-state index contributed by atoms with van der Waals surface area (Å²) in [7, 11) is 3.31. The Balaban J connectivity index is 1.50. The minimum Gasteiger partial charge on any atom is -0.497 e. The van der Waals surface area contributed by atoms with Gasteiger partial charge in [-0.3, -0.25) is 0 Å². The molecule has 0 spiro atoms. The minimum atomic E-state index is 0.413. The normalized spacial score (nSPS) is 14.0. The minimum absolute atomic E-state index is 0.413. The molecule has 0 atom stereocenters. The van der Waals surface area contributed by atoms with E-state index >= 15 is 0 Å². The standard InChI is InChI=1S/C28H26INO4/c1-31-25-11-5-21(6-12-25)18-33-27-16-24(15-20-3-9-23(29)10-4-20)30-17-28(27)34-19-22-7-13-26(32-2)14-8-22/h3-17,30H,18-19H2,1-2H3. The zero-order valence-electron chi connectivity index (χ0n) is 19.1. The van der Waals surface area contributed by atoms with Gasteiger partial charge in [-0.2, -0.15) is 0 Å². The quantitative estimate of drug-likeness (QED) is 0.303. The lowest BCUT2D eigenvalue weighted by Crippen LogP contribution is -2.15. The van der Waals surface area contributed by atoms with Crippen LogP contribution in [0.5, 0.6) is 11.5 Å². The van der Waals surface area contributed by atoms with Crippen molar-refractivity contribution in [3.63, 3.8) is 0 Å². The van der Waals surface area contributed by atoms with Gasteiger partial charge in [-0.15, -0.1) is 0 Å². The van der Waals surface area contributed by atoms with Crippen LogP contribution in [0.25, 0.3) is 6.08 Å². The summed E-state index contributed by atoms with van der Waals surface area (Å²) in [5.74, 6) is 2.94. The molecule has 6 heteroatoms. The molecule has 174 valence electrons. The van der Waals surface area contributed by atoms with Crippen molar-refractivity contribution in [2.24, 2.45) is 0 Å². The number of nitrogens with one attached hydrogen (secondary N) is 1. The Morgan fingerprint density at radius 2 is 1.24 bits per heavy atom. The summed E-state index contributed by atoms with van der Waals surface area (Å²) in [6, 6.07) is 24.0. The second kappa shape index (κ2) is 11.7. The molecule has 3 aromatic rings. The van der Waals surface area contributed by atoms with Crippen molar-refractivity contribution in [3.8, 4) is 11.5 Å². The highest BCUT2D eigenvalue weighted by molar-refractivity contribution is 14.1. The second-order valence-corrected chi connectivity index (χ2v) is 8.83. The van der Waals surface area contributed by atoms with Crippen molar-refractivity contribution < 1.29 is 18.9 Å². The summed E-state index contributed by atoms with van der Waals surface area (Å²) in [5, 5.41) is 3.31. The van der Waals surface area contributed by atoms with Gasteiger partial charge in [0.25, 0.3) is 0 Å². The SMILES string of the molecule is COc1ccc(COC2=CNC(=Cc3ccc(I)cc3)C=C2OCc2ccc(OC)cc2)cc1. The highest BCUT2D eigenvalue weighted by Gasteiger charge is 2.15. The van der Waals surface area contributed by atoms with E-state index in [9.17, 15) is 0 Å². The zero-order chi connectivity index (χ0) is 23.8. The van der Waals surface area contributed by atoms with Crippen molar-refractivity contribution in [1.29, 1.82) is 0 Å². The number of methoxy groups -OCH3 is 2. The van der Waals surface area contributed by atoms with Crippen LogP contribution in [0.2, 0.25) is 0 Å². The van der Waals surface area contributed by atoms with Crippen LogP contribution in [0.4, 0.5) is 0 Å². The number of halogens is 1. The molecule has 0 radical (unpaired) electrons. The maximum Gasteiger partial charge on any atom is 0.177 e. The van der Waals surface area contributed by atoms with Gasteiger partial charge in [0.05, 0.1) is 14.2 Å². The molecular weight excluding hydrogens is 541 g/mol. The van der Waals surface area contributed by atoms with Crippen LogP contribution in [0.15, 0.2) is 102 Å². The number of hydrogen-bond donors (Lipinski definition) is 1. The predicted molar refractivity (Wildman–Crippen MR) is 142 cm³/mol. The fourth-order valence-electron chi connectivity index (χ4n) is 3.29. The molecule has 1 N–H and O–H groups in total. The van der Waals surface area contributed by atoms with Crippen LogP contribution in [0.1, 0.15) is 16.7 Å². The fraction of sp³-hybridized carbons (Fsp3) is 0.143. The predicted octanol–water partition coefficient (Wildman–Crippen LogP) is 6.41. The van der Waals surface area contributed by atoms with Crippen LogP contribution < -0.4 is 14.8 Å². The molecule has 0 amide bonds. The molecule has 0 aromatic heterocycles. The first-order valence-electron chi connectivity index (χ1n) is 10.8. The molecule has 3 aromatic carbocycles. The first kappa shape index (κ1) is 23.8. The van der Waals surface area contributed by atoms with E-state index in [0.29, 0.717) is 24.7 Å². The van der Waals surface area contributed by atoms with E-state index in [4.69, 9.17) is 18.9 Å². The van der Waals surface area contributed by atoms with Gasteiger partial charge in [0.1, 0.15) is 24.7 Å². The third-order valence-corrected chi connectivity index (χ3v) is 5.92. The Morgan fingerprint density at radius 1 is 0.706 bits per heavy atom. The Bertz CT molecular complexity index is 1180. The topological polar surface area (TPSA) is 49.0 Å². The van der Waals surface area contributed by atoms with Crippen LogP contribution >= 0.6 is 22.6 Å². The lowest BCUT2D eigenvalue weighted by molar-refractivity contribution is 0.134. The van der Waals surface area contributed by atoms with Crippen molar-refractivity contribution >= 4 is 28.7 Å². The number of dihydropyridines is 1. The number of hydrogen-bond acceptors (Lipinski definition) is 5. The summed E-state index contributed by atoms with van der Waals surface area (Å²) < 4.78 is 24.0. The summed E-state index contributed by atoms with van der Waals surface area (Å²) in [6.07, 6.45) is 5.87. The van der Waals surface area contributed by atoms with Crippen LogP contribution in [-0.2, 0) is 22.7 Å². The van der Waals surface area contributed by atoms with Crippen molar-refractivity contribution in [2.45, 2.75) is 13.2 Å². The lowest BCUT2D eigenvalue weighted by Gasteiger charge is -2.20. The molecule has 1 heterocycles. The Morgan fingerprint density at radius 3 is 1.76 bits per heavy atom. The van der Waals surface area contributed by atoms with Gasteiger partial charge in [-0.05, 0) is 81.8 Å². The first-order chi connectivity index (χ1) is 16.6. The summed E-state index contributed by atoms with van der Waals surface area (Å²) >= 11 is 2.30. The first-order valence-corrected chi connectivity index (χ1v) is 11.9. The van der Waals surface area contributed by atoms with Crippen molar-refractivity contribution in [3.05, 3.63) is 123 Å². The monoisotopic (exact) mass is 567 g/mol. The summed E-state index contributed by atoms with van der Waals surface area (Å²) in [4.78, 5) is 0. The molecule has 4 rings (SSSR count). The number of rotatable bonds is 9. The number of ether oxygens (including phenoxy) is 4. The van der Waals surface area contributed by atoms with Gasteiger partial charge in [0.2, 0.25) is 0 Å². The molecule has 0 fully saturated rings. The molecule has 0 saturated carbocycles. The van der Waals surface area contributed by atoms with E-state index in [2.05, 4.69) is 58.2 Å². The molecule has 0 bridgehead atoms. The Labute approximate surface area is 213 Å².